The smallest absolute Gasteiger partial charge is 0.0539 e. The number of rotatable bonds is 2. The van der Waals surface area contributed by atoms with Crippen LogP contribution in [0.5, 0.6) is 0 Å². The van der Waals surface area contributed by atoms with Gasteiger partial charge in [0, 0.05) is 12.0 Å². The second-order valence-electron chi connectivity index (χ2n) is 2.74. The van der Waals surface area contributed by atoms with Crippen molar-refractivity contribution in [2.24, 2.45) is 0 Å². The first kappa shape index (κ1) is 7.74. The number of hydrogen-bond donors (Lipinski definition) is 0. The molecule has 1 aromatic rings. The van der Waals surface area contributed by atoms with Crippen molar-refractivity contribution in [3.63, 3.8) is 0 Å². The third-order valence-electron chi connectivity index (χ3n) is 1.79. The Kier molecular flexibility index (Phi) is 2.37. The van der Waals surface area contributed by atoms with Crippen LogP contribution in [-0.4, -0.2) is 10.1 Å². The Hall–Kier alpha value is -0.890. The van der Waals surface area contributed by atoms with Crippen molar-refractivity contribution in [3.8, 4) is 0 Å². The monoisotopic (exact) mass is 177 g/mol. The van der Waals surface area contributed by atoms with Gasteiger partial charge in [-0.05, 0) is 17.5 Å². The Labute approximate surface area is 77.2 Å². The van der Waals surface area contributed by atoms with E-state index in [1.165, 1.54) is 5.56 Å². The number of nitrogens with zero attached hydrogens (tertiary/aromatic N) is 1. The lowest BCUT2D eigenvalue weighted by Crippen LogP contribution is -2.03. The molecule has 0 amide bonds. The van der Waals surface area contributed by atoms with E-state index in [2.05, 4.69) is 46.9 Å². The molecule has 12 heavy (non-hydrogen) atoms. The summed E-state index contributed by atoms with van der Waals surface area (Å²) in [5.41, 5.74) is 1.37. The van der Waals surface area contributed by atoms with Gasteiger partial charge in [-0.1, -0.05) is 36.4 Å². The van der Waals surface area contributed by atoms with E-state index in [-0.39, 0.29) is 0 Å². The van der Waals surface area contributed by atoms with Gasteiger partial charge in [0.2, 0.25) is 0 Å². The molecular formula is C10H11NS. The molecule has 0 aliphatic carbocycles. The molecule has 2 heteroatoms. The molecule has 1 aliphatic rings. The van der Waals surface area contributed by atoms with E-state index in [4.69, 9.17) is 0 Å². The highest BCUT2D eigenvalue weighted by Gasteiger charge is 2.04. The fourth-order valence-electron chi connectivity index (χ4n) is 1.20. The van der Waals surface area contributed by atoms with E-state index in [1.807, 2.05) is 11.9 Å². The van der Waals surface area contributed by atoms with Gasteiger partial charge >= 0.3 is 0 Å². The lowest BCUT2D eigenvalue weighted by atomic mass is 10.2. The van der Waals surface area contributed by atoms with Crippen molar-refractivity contribution in [3.05, 3.63) is 48.2 Å². The number of benzene rings is 1. The molecular weight excluding hydrogens is 166 g/mol. The van der Waals surface area contributed by atoms with E-state index in [0.717, 1.165) is 12.3 Å². The molecule has 0 N–H and O–H groups in total. The standard InChI is InChI=1S/C10H11NS/c1-2-5-10(6-3-1)9-11-7-4-8-12-11/h1-7H,8-9H2. The molecule has 0 unspecified atom stereocenters. The van der Waals surface area contributed by atoms with Crippen LogP contribution in [0.25, 0.3) is 0 Å². The zero-order valence-corrected chi connectivity index (χ0v) is 7.63. The van der Waals surface area contributed by atoms with Gasteiger partial charge in [0.05, 0.1) is 6.54 Å². The minimum absolute atomic E-state index is 1.02. The summed E-state index contributed by atoms with van der Waals surface area (Å²) in [5.74, 6) is 1.12. The lowest BCUT2D eigenvalue weighted by Gasteiger charge is -2.13. The third-order valence-corrected chi connectivity index (χ3v) is 2.71. The highest BCUT2D eigenvalue weighted by atomic mass is 32.2. The van der Waals surface area contributed by atoms with Gasteiger partial charge < -0.3 is 4.31 Å². The Bertz CT molecular complexity index is 268. The van der Waals surface area contributed by atoms with Crippen molar-refractivity contribution >= 4 is 11.9 Å². The molecule has 1 aromatic carbocycles. The van der Waals surface area contributed by atoms with Crippen LogP contribution < -0.4 is 0 Å². The van der Waals surface area contributed by atoms with E-state index in [0.29, 0.717) is 0 Å². The molecule has 62 valence electrons. The summed E-state index contributed by atoms with van der Waals surface area (Å²) >= 11 is 1.86. The van der Waals surface area contributed by atoms with Crippen molar-refractivity contribution in [2.45, 2.75) is 6.54 Å². The normalized spacial score (nSPS) is 15.5. The molecule has 0 saturated heterocycles. The van der Waals surface area contributed by atoms with Gasteiger partial charge in [-0.15, -0.1) is 0 Å². The average molecular weight is 177 g/mol. The summed E-state index contributed by atoms with van der Waals surface area (Å²) in [4.78, 5) is 0. The second-order valence-corrected chi connectivity index (χ2v) is 3.80. The van der Waals surface area contributed by atoms with Crippen molar-refractivity contribution in [2.75, 3.05) is 5.75 Å². The van der Waals surface area contributed by atoms with Crippen LogP contribution in [0.4, 0.5) is 0 Å². The average Bonchev–Trinajstić information content (AvgIpc) is 2.59. The van der Waals surface area contributed by atoms with E-state index in [9.17, 15) is 0 Å². The predicted octanol–water partition coefficient (Wildman–Crippen LogP) is 2.66. The largest absolute Gasteiger partial charge is 0.319 e. The zero-order valence-electron chi connectivity index (χ0n) is 6.81. The SMILES string of the molecule is C1=CN(Cc2ccccc2)SC1. The first-order valence-electron chi connectivity index (χ1n) is 4.05. The highest BCUT2D eigenvalue weighted by Crippen LogP contribution is 2.20. The van der Waals surface area contributed by atoms with Gasteiger partial charge in [-0.2, -0.15) is 0 Å². The van der Waals surface area contributed by atoms with Gasteiger partial charge in [-0.25, -0.2) is 0 Å². The maximum atomic E-state index is 2.26. The first-order valence-corrected chi connectivity index (χ1v) is 4.99. The van der Waals surface area contributed by atoms with E-state index < -0.39 is 0 Å². The molecule has 0 atom stereocenters. The lowest BCUT2D eigenvalue weighted by molar-refractivity contribution is 0.628. The molecule has 0 radical (unpaired) electrons. The summed E-state index contributed by atoms with van der Waals surface area (Å²) in [5, 5.41) is 0. The molecule has 1 heterocycles. The van der Waals surface area contributed by atoms with E-state index >= 15 is 0 Å². The summed E-state index contributed by atoms with van der Waals surface area (Å²) in [6.45, 7) is 1.02. The zero-order chi connectivity index (χ0) is 8.23. The molecule has 1 nitrogen and oxygen atoms in total. The van der Waals surface area contributed by atoms with Crippen LogP contribution in [0.1, 0.15) is 5.56 Å². The Morgan fingerprint density at radius 3 is 2.75 bits per heavy atom. The van der Waals surface area contributed by atoms with Crippen LogP contribution >= 0.6 is 11.9 Å². The second kappa shape index (κ2) is 3.68. The minimum Gasteiger partial charge on any atom is -0.319 e. The Morgan fingerprint density at radius 1 is 1.25 bits per heavy atom. The van der Waals surface area contributed by atoms with E-state index in [1.54, 1.807) is 0 Å². The maximum absolute atomic E-state index is 2.26. The van der Waals surface area contributed by atoms with Crippen LogP contribution in [0, 0.1) is 0 Å². The van der Waals surface area contributed by atoms with Crippen molar-refractivity contribution < 1.29 is 0 Å². The van der Waals surface area contributed by atoms with Crippen LogP contribution in [0.2, 0.25) is 0 Å². The minimum atomic E-state index is 1.02. The molecule has 0 bridgehead atoms. The fraction of sp³-hybridized carbons (Fsp3) is 0.200. The summed E-state index contributed by atoms with van der Waals surface area (Å²) < 4.78 is 2.26. The van der Waals surface area contributed by atoms with Crippen LogP contribution in [-0.2, 0) is 6.54 Å². The maximum Gasteiger partial charge on any atom is 0.0539 e. The van der Waals surface area contributed by atoms with Gasteiger partial charge in [0.25, 0.3) is 0 Å². The predicted molar refractivity (Wildman–Crippen MR) is 53.6 cm³/mol. The summed E-state index contributed by atoms with van der Waals surface area (Å²) in [6.07, 6.45) is 4.34. The molecule has 1 aliphatic heterocycles. The molecule has 0 fully saturated rings. The van der Waals surface area contributed by atoms with Crippen LogP contribution in [0.3, 0.4) is 0 Å². The van der Waals surface area contributed by atoms with Gasteiger partial charge in [0.1, 0.15) is 0 Å². The number of hydrogen-bond acceptors (Lipinski definition) is 2. The third kappa shape index (κ3) is 1.83. The van der Waals surface area contributed by atoms with Crippen LogP contribution in [0.15, 0.2) is 42.6 Å². The Balaban J connectivity index is 1.99. The Morgan fingerprint density at radius 2 is 2.08 bits per heavy atom. The van der Waals surface area contributed by atoms with Gasteiger partial charge in [-0.3, -0.25) is 0 Å². The van der Waals surface area contributed by atoms with Crippen molar-refractivity contribution in [1.29, 1.82) is 0 Å². The topological polar surface area (TPSA) is 3.24 Å². The first-order chi connectivity index (χ1) is 5.95. The van der Waals surface area contributed by atoms with Crippen molar-refractivity contribution in [1.82, 2.24) is 4.31 Å². The highest BCUT2D eigenvalue weighted by molar-refractivity contribution is 7.97. The molecule has 0 aromatic heterocycles. The summed E-state index contributed by atoms with van der Waals surface area (Å²) in [7, 11) is 0. The molecule has 0 spiro atoms. The quantitative estimate of drug-likeness (QED) is 0.639. The molecule has 0 saturated carbocycles. The molecule has 2 rings (SSSR count). The fourth-order valence-corrected chi connectivity index (χ4v) is 1.98. The summed E-state index contributed by atoms with van der Waals surface area (Å²) in [6, 6.07) is 10.5. The van der Waals surface area contributed by atoms with Gasteiger partial charge in [0.15, 0.2) is 0 Å².